The zero-order valence-corrected chi connectivity index (χ0v) is 43.7. The quantitative estimate of drug-likeness (QED) is 0.0412. The summed E-state index contributed by atoms with van der Waals surface area (Å²) in [4.78, 5) is 49.3. The average Bonchev–Trinajstić information content (AvgIpc) is 3.80. The number of carbonyl (C=O) groups is 1. The molecule has 1 aliphatic heterocycles. The van der Waals surface area contributed by atoms with E-state index in [1.54, 1.807) is 17.8 Å². The third kappa shape index (κ3) is 21.4. The monoisotopic (exact) mass is 1030 g/mol. The van der Waals surface area contributed by atoms with E-state index in [9.17, 15) is 14.4 Å². The van der Waals surface area contributed by atoms with Gasteiger partial charge >= 0.3 is 11.7 Å². The van der Waals surface area contributed by atoms with Crippen LogP contribution >= 0.6 is 0 Å². The number of methoxy groups -OCH3 is 1. The number of aryl methyl sites for hydroxylation is 1. The lowest BCUT2D eigenvalue weighted by Gasteiger charge is -2.26. The minimum Gasteiger partial charge on any atom is -0.460 e. The fourth-order valence-electron chi connectivity index (χ4n) is 9.53. The largest absolute Gasteiger partial charge is 0.460 e. The summed E-state index contributed by atoms with van der Waals surface area (Å²) < 4.78 is 65.2. The number of fused-ring (bicyclic) bond motifs is 1. The zero-order chi connectivity index (χ0) is 51.0. The van der Waals surface area contributed by atoms with Gasteiger partial charge in [-0.15, -0.1) is 0 Å². The minimum absolute atomic E-state index is 0.114. The summed E-state index contributed by atoms with van der Waals surface area (Å²) in [6, 6.07) is 7.79. The second-order valence-electron chi connectivity index (χ2n) is 18.9. The number of esters is 1. The van der Waals surface area contributed by atoms with Crippen molar-refractivity contribution in [3.8, 4) is 11.4 Å². The lowest BCUT2D eigenvalue weighted by Crippen LogP contribution is -2.43. The molecular formula is C54H85N5O14. The zero-order valence-electron chi connectivity index (χ0n) is 43.7. The van der Waals surface area contributed by atoms with E-state index >= 15 is 0 Å². The predicted octanol–water partition coefficient (Wildman–Crippen LogP) is 5.25. The van der Waals surface area contributed by atoms with Crippen molar-refractivity contribution in [1.82, 2.24) is 23.6 Å². The first-order valence-corrected chi connectivity index (χ1v) is 27.1. The van der Waals surface area contributed by atoms with E-state index in [1.807, 2.05) is 28.8 Å². The molecule has 73 heavy (non-hydrogen) atoms. The molecule has 19 nitrogen and oxygen atoms in total. The van der Waals surface area contributed by atoms with Crippen LogP contribution in [0.4, 0.5) is 0 Å². The molecule has 3 fully saturated rings. The van der Waals surface area contributed by atoms with E-state index in [0.717, 1.165) is 102 Å². The highest BCUT2D eigenvalue weighted by atomic mass is 16.6. The van der Waals surface area contributed by atoms with Crippen LogP contribution in [0, 0.1) is 11.8 Å². The number of benzene rings is 1. The Kier molecular flexibility index (Phi) is 28.3. The third-order valence-electron chi connectivity index (χ3n) is 13.5. The fraction of sp³-hybridized carbons (Fsp3) is 0.741. The molecule has 0 N–H and O–H groups in total. The molecule has 1 aromatic carbocycles. The SMILES string of the molecule is COCCOCCOCCOCCOCCOCCOCCOCCOCCOC(=O)/C=C/c1ccc(-c2nc3c(c(=O)n(CC4CCCCC4)c(=O)n3CC3CCCCC3)n2CCCN2CCOCC2)cc1. The molecule has 19 heteroatoms. The molecular weight excluding hydrogens is 943 g/mol. The summed E-state index contributed by atoms with van der Waals surface area (Å²) >= 11 is 0. The smallest absolute Gasteiger partial charge is 0.332 e. The number of rotatable bonds is 38. The number of hydrogen-bond donors (Lipinski definition) is 0. The molecule has 3 heterocycles. The number of nitrogens with zero attached hydrogens (tertiary/aromatic N) is 5. The van der Waals surface area contributed by atoms with Crippen molar-refractivity contribution in [1.29, 1.82) is 0 Å². The standard InChI is InChI=1S/C54H85N5O14/c1-63-25-26-65-27-28-66-29-30-67-31-32-68-33-34-69-35-36-70-37-38-71-39-40-72-41-42-73-49(60)18-15-45-13-16-48(17-14-45)51-55-52-50(57(51)20-8-19-56-21-23-64-24-22-56)53(61)59(44-47-11-6-3-7-12-47)54(62)58(52)43-46-9-4-2-5-10-46/h13-18,46-47H,2-12,19-44H2,1H3/b18-15+. The molecule has 410 valence electrons. The topological polar surface area (TPSA) is 184 Å². The normalized spacial score (nSPS) is 16.3. The van der Waals surface area contributed by atoms with Crippen LogP contribution < -0.4 is 11.2 Å². The minimum atomic E-state index is -0.473. The second-order valence-corrected chi connectivity index (χ2v) is 18.9. The summed E-state index contributed by atoms with van der Waals surface area (Å²) in [5.41, 5.74) is 2.18. The van der Waals surface area contributed by atoms with Gasteiger partial charge in [0, 0.05) is 58.0 Å². The van der Waals surface area contributed by atoms with Crippen molar-refractivity contribution < 1.29 is 56.9 Å². The lowest BCUT2D eigenvalue weighted by molar-refractivity contribution is -0.139. The molecule has 6 rings (SSSR count). The maximum absolute atomic E-state index is 14.7. The molecule has 3 aliphatic rings. The second kappa shape index (κ2) is 35.4. The number of ether oxygens (including phenoxy) is 11. The molecule has 0 bridgehead atoms. The highest BCUT2D eigenvalue weighted by molar-refractivity contribution is 5.87. The maximum atomic E-state index is 14.7. The molecule has 0 amide bonds. The Morgan fingerprint density at radius 3 is 1.55 bits per heavy atom. The van der Waals surface area contributed by atoms with Crippen molar-refractivity contribution in [3.63, 3.8) is 0 Å². The Labute approximate surface area is 431 Å². The molecule has 0 unspecified atom stereocenters. The van der Waals surface area contributed by atoms with Gasteiger partial charge < -0.3 is 56.7 Å². The molecule has 1 saturated heterocycles. The number of imidazole rings is 1. The highest BCUT2D eigenvalue weighted by Gasteiger charge is 2.27. The van der Waals surface area contributed by atoms with E-state index in [0.29, 0.717) is 154 Å². The number of carbonyl (C=O) groups excluding carboxylic acids is 1. The van der Waals surface area contributed by atoms with Gasteiger partial charge in [0.15, 0.2) is 11.2 Å². The number of morpholine rings is 1. The van der Waals surface area contributed by atoms with Crippen LogP contribution in [-0.2, 0) is 76.5 Å². The van der Waals surface area contributed by atoms with E-state index in [2.05, 4.69) is 9.47 Å². The Morgan fingerprint density at radius 2 is 1.05 bits per heavy atom. The van der Waals surface area contributed by atoms with Gasteiger partial charge in [0.2, 0.25) is 0 Å². The Hall–Kier alpha value is -3.86. The highest BCUT2D eigenvalue weighted by Crippen LogP contribution is 2.29. The van der Waals surface area contributed by atoms with Crippen LogP contribution in [0.2, 0.25) is 0 Å². The van der Waals surface area contributed by atoms with Gasteiger partial charge in [0.05, 0.1) is 126 Å². The van der Waals surface area contributed by atoms with E-state index in [4.69, 9.17) is 57.1 Å². The first-order valence-electron chi connectivity index (χ1n) is 27.1. The van der Waals surface area contributed by atoms with Crippen LogP contribution in [-0.4, -0.2) is 188 Å². The van der Waals surface area contributed by atoms with E-state index in [-0.39, 0.29) is 24.5 Å². The van der Waals surface area contributed by atoms with Crippen LogP contribution in [0.5, 0.6) is 0 Å². The van der Waals surface area contributed by atoms with Gasteiger partial charge in [-0.05, 0) is 55.6 Å². The van der Waals surface area contributed by atoms with Crippen molar-refractivity contribution in [2.75, 3.05) is 159 Å². The molecule has 2 saturated carbocycles. The van der Waals surface area contributed by atoms with E-state index in [1.165, 1.54) is 18.9 Å². The van der Waals surface area contributed by atoms with Crippen LogP contribution in [0.1, 0.15) is 76.2 Å². The van der Waals surface area contributed by atoms with Gasteiger partial charge in [0.25, 0.3) is 5.56 Å². The Balaban J connectivity index is 0.884. The van der Waals surface area contributed by atoms with Crippen LogP contribution in [0.15, 0.2) is 39.9 Å². The molecule has 3 aromatic rings. The third-order valence-corrected chi connectivity index (χ3v) is 13.5. The maximum Gasteiger partial charge on any atom is 0.332 e. The van der Waals surface area contributed by atoms with Gasteiger partial charge in [-0.3, -0.25) is 18.8 Å². The Morgan fingerprint density at radius 1 is 0.589 bits per heavy atom. The molecule has 2 aliphatic carbocycles. The lowest BCUT2D eigenvalue weighted by atomic mass is 9.89. The van der Waals surface area contributed by atoms with Gasteiger partial charge in [-0.2, -0.15) is 0 Å². The van der Waals surface area contributed by atoms with E-state index < -0.39 is 5.97 Å². The molecule has 2 aromatic heterocycles. The van der Waals surface area contributed by atoms with Crippen LogP contribution in [0.3, 0.4) is 0 Å². The fourth-order valence-corrected chi connectivity index (χ4v) is 9.53. The average molecular weight is 1030 g/mol. The first kappa shape index (κ1) is 58.4. The molecule has 0 radical (unpaired) electrons. The summed E-state index contributed by atoms with van der Waals surface area (Å²) in [5, 5.41) is 0. The van der Waals surface area contributed by atoms with Crippen molar-refractivity contribution >= 4 is 23.2 Å². The van der Waals surface area contributed by atoms with Crippen molar-refractivity contribution in [2.45, 2.75) is 90.3 Å². The van der Waals surface area contributed by atoms with Gasteiger partial charge in [-0.1, -0.05) is 62.8 Å². The molecule has 0 atom stereocenters. The van der Waals surface area contributed by atoms with Crippen LogP contribution in [0.25, 0.3) is 28.6 Å². The van der Waals surface area contributed by atoms with Gasteiger partial charge in [-0.25, -0.2) is 14.6 Å². The number of hydrogen-bond acceptors (Lipinski definition) is 16. The summed E-state index contributed by atoms with van der Waals surface area (Å²) in [6.45, 7) is 13.8. The summed E-state index contributed by atoms with van der Waals surface area (Å²) in [6.07, 6.45) is 15.2. The number of aromatic nitrogens is 4. The summed E-state index contributed by atoms with van der Waals surface area (Å²) in [5.74, 6) is 0.893. The Bertz CT molecular complexity index is 2110. The predicted molar refractivity (Wildman–Crippen MR) is 277 cm³/mol. The summed E-state index contributed by atoms with van der Waals surface area (Å²) in [7, 11) is 1.64. The van der Waals surface area contributed by atoms with Crippen molar-refractivity contribution in [2.24, 2.45) is 11.8 Å². The van der Waals surface area contributed by atoms with Crippen molar-refractivity contribution in [3.05, 3.63) is 56.7 Å². The van der Waals surface area contributed by atoms with Gasteiger partial charge in [0.1, 0.15) is 12.4 Å². The molecule has 0 spiro atoms. The first-order chi connectivity index (χ1) is 36.0.